The maximum atomic E-state index is 11.7. The Labute approximate surface area is 109 Å². The lowest BCUT2D eigenvalue weighted by Crippen LogP contribution is -2.22. The monoisotopic (exact) mass is 259 g/mol. The summed E-state index contributed by atoms with van der Waals surface area (Å²) < 4.78 is 4.91. The largest absolute Gasteiger partial charge is 0.478 e. The molecule has 1 heterocycles. The molecule has 5 heteroatoms. The molecule has 0 saturated carbocycles. The number of carboxylic acid groups (broad SMARTS) is 1. The quantitative estimate of drug-likeness (QED) is 0.882. The number of rotatable bonds is 4. The number of aryl methyl sites for hydroxylation is 1. The fourth-order valence-corrected chi connectivity index (χ4v) is 1.66. The Balaban J connectivity index is 1.99. The number of amides is 1. The summed E-state index contributed by atoms with van der Waals surface area (Å²) in [6.45, 7) is 2.33. The molecule has 5 nitrogen and oxygen atoms in total. The molecule has 0 atom stereocenters. The Morgan fingerprint density at radius 1 is 1.32 bits per heavy atom. The molecule has 0 bridgehead atoms. The Morgan fingerprint density at radius 2 is 2.11 bits per heavy atom. The van der Waals surface area contributed by atoms with E-state index in [1.165, 1.54) is 6.07 Å². The summed E-state index contributed by atoms with van der Waals surface area (Å²) in [5, 5.41) is 11.4. The Morgan fingerprint density at radius 3 is 2.74 bits per heavy atom. The zero-order chi connectivity index (χ0) is 13.8. The molecule has 0 fully saturated rings. The van der Waals surface area contributed by atoms with Gasteiger partial charge in [0.15, 0.2) is 5.76 Å². The van der Waals surface area contributed by atoms with Gasteiger partial charge in [-0.2, -0.15) is 0 Å². The van der Waals surface area contributed by atoms with Crippen molar-refractivity contribution in [2.24, 2.45) is 0 Å². The normalized spacial score (nSPS) is 10.2. The van der Waals surface area contributed by atoms with Crippen molar-refractivity contribution in [1.29, 1.82) is 0 Å². The fourth-order valence-electron chi connectivity index (χ4n) is 1.66. The van der Waals surface area contributed by atoms with Crippen molar-refractivity contribution >= 4 is 11.9 Å². The van der Waals surface area contributed by atoms with Crippen molar-refractivity contribution in [2.45, 2.75) is 13.5 Å². The molecule has 1 aromatic heterocycles. The minimum Gasteiger partial charge on any atom is -0.478 e. The number of hydrogen-bond acceptors (Lipinski definition) is 3. The van der Waals surface area contributed by atoms with Gasteiger partial charge in [0.1, 0.15) is 6.26 Å². The van der Waals surface area contributed by atoms with E-state index in [1.807, 2.05) is 31.2 Å². The topological polar surface area (TPSA) is 79.5 Å². The molecule has 1 aromatic carbocycles. The van der Waals surface area contributed by atoms with Gasteiger partial charge in [-0.05, 0) is 12.5 Å². The van der Waals surface area contributed by atoms with E-state index < -0.39 is 11.9 Å². The highest BCUT2D eigenvalue weighted by Crippen LogP contribution is 2.08. The van der Waals surface area contributed by atoms with E-state index in [-0.39, 0.29) is 11.3 Å². The van der Waals surface area contributed by atoms with Crippen molar-refractivity contribution in [2.75, 3.05) is 0 Å². The molecule has 2 rings (SSSR count). The van der Waals surface area contributed by atoms with Crippen LogP contribution in [-0.2, 0) is 6.54 Å². The van der Waals surface area contributed by atoms with Crippen molar-refractivity contribution in [3.63, 3.8) is 0 Å². The van der Waals surface area contributed by atoms with Gasteiger partial charge >= 0.3 is 5.97 Å². The van der Waals surface area contributed by atoms with Crippen molar-refractivity contribution < 1.29 is 19.1 Å². The van der Waals surface area contributed by atoms with Crippen LogP contribution in [0.5, 0.6) is 0 Å². The van der Waals surface area contributed by atoms with E-state index in [0.717, 1.165) is 17.4 Å². The van der Waals surface area contributed by atoms with Gasteiger partial charge in [0.25, 0.3) is 5.91 Å². The summed E-state index contributed by atoms with van der Waals surface area (Å²) in [5.41, 5.74) is 2.04. The number of aromatic carboxylic acids is 1. The lowest BCUT2D eigenvalue weighted by atomic mass is 10.1. The lowest BCUT2D eigenvalue weighted by Gasteiger charge is -2.04. The SMILES string of the molecule is Cc1cccc(CNC(=O)c2cc(C(=O)O)co2)c1. The van der Waals surface area contributed by atoms with Crippen LogP contribution in [0.25, 0.3) is 0 Å². The number of carboxylic acids is 1. The third-order valence-corrected chi connectivity index (χ3v) is 2.61. The first-order chi connectivity index (χ1) is 9.06. The average Bonchev–Trinajstić information content (AvgIpc) is 2.86. The van der Waals surface area contributed by atoms with Gasteiger partial charge in [0.05, 0.1) is 5.56 Å². The minimum absolute atomic E-state index is 0.00921. The van der Waals surface area contributed by atoms with Crippen LogP contribution in [0.15, 0.2) is 41.0 Å². The second-order valence-electron chi connectivity index (χ2n) is 4.18. The van der Waals surface area contributed by atoms with E-state index in [9.17, 15) is 9.59 Å². The zero-order valence-electron chi connectivity index (χ0n) is 10.3. The molecule has 0 unspecified atom stereocenters. The molecule has 0 spiro atoms. The molecule has 19 heavy (non-hydrogen) atoms. The van der Waals surface area contributed by atoms with Crippen LogP contribution >= 0.6 is 0 Å². The average molecular weight is 259 g/mol. The molecular weight excluding hydrogens is 246 g/mol. The van der Waals surface area contributed by atoms with Gasteiger partial charge < -0.3 is 14.8 Å². The Kier molecular flexibility index (Phi) is 3.66. The first-order valence-corrected chi connectivity index (χ1v) is 5.72. The number of furan rings is 1. The number of carbonyl (C=O) groups excluding carboxylic acids is 1. The summed E-state index contributed by atoms with van der Waals surface area (Å²) in [6, 6.07) is 8.94. The van der Waals surface area contributed by atoms with Crippen LogP contribution in [0.3, 0.4) is 0 Å². The highest BCUT2D eigenvalue weighted by atomic mass is 16.4. The maximum absolute atomic E-state index is 11.7. The molecular formula is C14H13NO4. The molecule has 98 valence electrons. The Bertz CT molecular complexity index is 615. The summed E-state index contributed by atoms with van der Waals surface area (Å²) in [6.07, 6.45) is 1.05. The molecule has 2 aromatic rings. The van der Waals surface area contributed by atoms with E-state index in [0.29, 0.717) is 6.54 Å². The first-order valence-electron chi connectivity index (χ1n) is 5.72. The number of hydrogen-bond donors (Lipinski definition) is 2. The third kappa shape index (κ3) is 3.22. The van der Waals surface area contributed by atoms with Gasteiger partial charge in [-0.3, -0.25) is 4.79 Å². The minimum atomic E-state index is -1.12. The highest BCUT2D eigenvalue weighted by Gasteiger charge is 2.14. The first kappa shape index (κ1) is 12.9. The predicted octanol–water partition coefficient (Wildman–Crippen LogP) is 2.22. The second kappa shape index (κ2) is 5.39. The van der Waals surface area contributed by atoms with Crippen LogP contribution in [0.4, 0.5) is 0 Å². The van der Waals surface area contributed by atoms with Crippen LogP contribution in [0, 0.1) is 6.92 Å². The van der Waals surface area contributed by atoms with E-state index in [1.54, 1.807) is 0 Å². The van der Waals surface area contributed by atoms with E-state index in [2.05, 4.69) is 5.32 Å². The van der Waals surface area contributed by atoms with E-state index >= 15 is 0 Å². The van der Waals surface area contributed by atoms with Gasteiger partial charge in [-0.15, -0.1) is 0 Å². The molecule has 0 radical (unpaired) electrons. The van der Waals surface area contributed by atoms with Crippen molar-refractivity contribution in [3.8, 4) is 0 Å². The standard InChI is InChI=1S/C14H13NO4/c1-9-3-2-4-10(5-9)7-15-13(16)12-6-11(8-19-12)14(17)18/h2-6,8H,7H2,1H3,(H,15,16)(H,17,18). The predicted molar refractivity (Wildman–Crippen MR) is 68.0 cm³/mol. The van der Waals surface area contributed by atoms with Gasteiger partial charge in [0, 0.05) is 12.6 Å². The fraction of sp³-hybridized carbons (Fsp3) is 0.143. The van der Waals surface area contributed by atoms with Crippen molar-refractivity contribution in [3.05, 3.63) is 59.0 Å². The zero-order valence-corrected chi connectivity index (χ0v) is 10.3. The van der Waals surface area contributed by atoms with Crippen molar-refractivity contribution in [1.82, 2.24) is 5.32 Å². The number of nitrogens with one attached hydrogen (secondary N) is 1. The van der Waals surface area contributed by atoms with Crippen LogP contribution < -0.4 is 5.32 Å². The highest BCUT2D eigenvalue weighted by molar-refractivity contribution is 5.95. The molecule has 0 aliphatic carbocycles. The smallest absolute Gasteiger partial charge is 0.338 e. The van der Waals surface area contributed by atoms with E-state index in [4.69, 9.17) is 9.52 Å². The van der Waals surface area contributed by atoms with Crippen LogP contribution in [0.1, 0.15) is 32.0 Å². The summed E-state index contributed by atoms with van der Waals surface area (Å²) in [5.74, 6) is -1.57. The van der Waals surface area contributed by atoms with Crippen LogP contribution in [0.2, 0.25) is 0 Å². The van der Waals surface area contributed by atoms with Gasteiger partial charge in [-0.25, -0.2) is 4.79 Å². The van der Waals surface area contributed by atoms with Gasteiger partial charge in [0.2, 0.25) is 0 Å². The summed E-state index contributed by atoms with van der Waals surface area (Å²) in [4.78, 5) is 22.4. The lowest BCUT2D eigenvalue weighted by molar-refractivity contribution is 0.0696. The second-order valence-corrected chi connectivity index (χ2v) is 4.18. The number of benzene rings is 1. The molecule has 2 N–H and O–H groups in total. The third-order valence-electron chi connectivity index (χ3n) is 2.61. The molecule has 0 saturated heterocycles. The van der Waals surface area contributed by atoms with Gasteiger partial charge in [-0.1, -0.05) is 29.8 Å². The molecule has 0 aliphatic heterocycles. The Hall–Kier alpha value is -2.56. The summed E-state index contributed by atoms with van der Waals surface area (Å²) in [7, 11) is 0. The number of carbonyl (C=O) groups is 2. The van der Waals surface area contributed by atoms with Crippen LogP contribution in [-0.4, -0.2) is 17.0 Å². The molecule has 1 amide bonds. The molecule has 0 aliphatic rings. The summed E-state index contributed by atoms with van der Waals surface area (Å²) >= 11 is 0. The maximum Gasteiger partial charge on any atom is 0.338 e.